The van der Waals surface area contributed by atoms with Gasteiger partial charge in [-0.15, -0.1) is 0 Å². The maximum absolute atomic E-state index is 12.4. The Kier molecular flexibility index (Phi) is 7.40. The molecule has 0 aliphatic heterocycles. The van der Waals surface area contributed by atoms with Crippen molar-refractivity contribution in [2.45, 2.75) is 0 Å². The Hall–Kier alpha value is -4.72. The van der Waals surface area contributed by atoms with Gasteiger partial charge in [0.15, 0.2) is 0 Å². The highest BCUT2D eigenvalue weighted by atomic mass is 16.6. The zero-order valence-corrected chi connectivity index (χ0v) is 16.4. The number of nitriles is 1. The minimum absolute atomic E-state index is 0.0442. The molecular formula is C20H16N4O7. The Morgan fingerprint density at radius 2 is 1.81 bits per heavy atom. The van der Waals surface area contributed by atoms with Gasteiger partial charge >= 0.3 is 11.9 Å². The molecule has 0 atom stereocenters. The largest absolute Gasteiger partial charge is 0.465 e. The van der Waals surface area contributed by atoms with Gasteiger partial charge in [-0.2, -0.15) is 5.26 Å². The van der Waals surface area contributed by atoms with Crippen molar-refractivity contribution in [3.8, 4) is 6.07 Å². The van der Waals surface area contributed by atoms with Crippen molar-refractivity contribution in [1.82, 2.24) is 0 Å². The lowest BCUT2D eigenvalue weighted by Gasteiger charge is -2.10. The molecule has 0 saturated carbocycles. The number of ether oxygens (including phenoxy) is 2. The van der Waals surface area contributed by atoms with E-state index in [1.54, 1.807) is 6.07 Å². The van der Waals surface area contributed by atoms with E-state index in [1.165, 1.54) is 50.6 Å². The van der Waals surface area contributed by atoms with Gasteiger partial charge in [0, 0.05) is 24.0 Å². The number of rotatable bonds is 7. The number of hydrogen-bond donors (Lipinski definition) is 2. The molecule has 31 heavy (non-hydrogen) atoms. The molecule has 2 aromatic rings. The van der Waals surface area contributed by atoms with Crippen LogP contribution in [0.5, 0.6) is 0 Å². The van der Waals surface area contributed by atoms with Gasteiger partial charge in [-0.1, -0.05) is 6.07 Å². The molecule has 1 amide bonds. The smallest absolute Gasteiger partial charge is 0.339 e. The van der Waals surface area contributed by atoms with Crippen LogP contribution in [0.15, 0.2) is 54.2 Å². The molecule has 0 aliphatic carbocycles. The first kappa shape index (κ1) is 22.6. The number of nitrogens with zero attached hydrogens (tertiary/aromatic N) is 2. The molecule has 0 bridgehead atoms. The number of carbonyl (C=O) groups excluding carboxylic acids is 3. The first-order valence-electron chi connectivity index (χ1n) is 8.54. The number of esters is 2. The average molecular weight is 424 g/mol. The van der Waals surface area contributed by atoms with Crippen LogP contribution in [0.25, 0.3) is 0 Å². The van der Waals surface area contributed by atoms with Crippen LogP contribution in [-0.4, -0.2) is 37.0 Å². The number of hydrogen-bond acceptors (Lipinski definition) is 9. The zero-order chi connectivity index (χ0) is 23.0. The standard InChI is InChI=1S/C20H16N4O7/c1-30-19(26)12-6-7-16(20(27)31-2)17(8-12)22-11-13(10-21)18(25)23-14-4-3-5-15(9-14)24(28)29/h3-9,11,22H,1-2H3,(H,23,25)/b13-11-. The predicted molar refractivity (Wildman–Crippen MR) is 108 cm³/mol. The van der Waals surface area contributed by atoms with E-state index < -0.39 is 28.3 Å². The topological polar surface area (TPSA) is 161 Å². The molecule has 2 N–H and O–H groups in total. The summed E-state index contributed by atoms with van der Waals surface area (Å²) in [5.74, 6) is -2.22. The van der Waals surface area contributed by atoms with Crippen molar-refractivity contribution in [2.24, 2.45) is 0 Å². The summed E-state index contributed by atoms with van der Waals surface area (Å²) in [7, 11) is 2.36. The van der Waals surface area contributed by atoms with E-state index in [1.807, 2.05) is 0 Å². The van der Waals surface area contributed by atoms with Gasteiger partial charge in [-0.3, -0.25) is 14.9 Å². The first-order chi connectivity index (χ1) is 14.8. The Labute approximate surface area is 176 Å². The first-order valence-corrected chi connectivity index (χ1v) is 8.54. The highest BCUT2D eigenvalue weighted by Gasteiger charge is 2.17. The zero-order valence-electron chi connectivity index (χ0n) is 16.4. The Morgan fingerprint density at radius 3 is 2.42 bits per heavy atom. The van der Waals surface area contributed by atoms with Crippen LogP contribution in [0, 0.1) is 21.4 Å². The van der Waals surface area contributed by atoms with Crippen LogP contribution in [-0.2, 0) is 14.3 Å². The van der Waals surface area contributed by atoms with Crippen LogP contribution < -0.4 is 10.6 Å². The highest BCUT2D eigenvalue weighted by molar-refractivity contribution is 6.07. The third kappa shape index (κ3) is 5.64. The van der Waals surface area contributed by atoms with Gasteiger partial charge in [-0.05, 0) is 24.3 Å². The van der Waals surface area contributed by atoms with Gasteiger partial charge in [0.25, 0.3) is 11.6 Å². The summed E-state index contributed by atoms with van der Waals surface area (Å²) >= 11 is 0. The lowest BCUT2D eigenvalue weighted by molar-refractivity contribution is -0.384. The van der Waals surface area contributed by atoms with Crippen LogP contribution in [0.1, 0.15) is 20.7 Å². The number of anilines is 2. The summed E-state index contributed by atoms with van der Waals surface area (Å²) in [5, 5.41) is 25.2. The van der Waals surface area contributed by atoms with Crippen LogP contribution in [0.2, 0.25) is 0 Å². The highest BCUT2D eigenvalue weighted by Crippen LogP contribution is 2.21. The van der Waals surface area contributed by atoms with Crippen LogP contribution in [0.4, 0.5) is 17.1 Å². The second kappa shape index (κ2) is 10.2. The molecule has 11 nitrogen and oxygen atoms in total. The fraction of sp³-hybridized carbons (Fsp3) is 0.100. The molecule has 0 spiro atoms. The molecule has 2 rings (SSSR count). The number of amides is 1. The quantitative estimate of drug-likeness (QED) is 0.224. The summed E-state index contributed by atoms with van der Waals surface area (Å²) < 4.78 is 9.31. The lowest BCUT2D eigenvalue weighted by Crippen LogP contribution is -2.15. The van der Waals surface area contributed by atoms with Crippen LogP contribution in [0.3, 0.4) is 0 Å². The number of nitro benzene ring substituents is 1. The summed E-state index contributed by atoms with van der Waals surface area (Å²) in [4.78, 5) is 46.3. The number of methoxy groups -OCH3 is 2. The monoisotopic (exact) mass is 424 g/mol. The van der Waals surface area contributed by atoms with Crippen molar-refractivity contribution < 1.29 is 28.8 Å². The third-order valence-electron chi connectivity index (χ3n) is 3.90. The number of benzene rings is 2. The van der Waals surface area contributed by atoms with E-state index >= 15 is 0 Å². The molecule has 0 aromatic heterocycles. The van der Waals surface area contributed by atoms with Crippen LogP contribution >= 0.6 is 0 Å². The van der Waals surface area contributed by atoms with E-state index in [9.17, 15) is 29.8 Å². The molecule has 0 heterocycles. The normalized spacial score (nSPS) is 10.4. The average Bonchev–Trinajstić information content (AvgIpc) is 2.78. The molecule has 0 radical (unpaired) electrons. The molecule has 0 saturated heterocycles. The molecule has 11 heteroatoms. The predicted octanol–water partition coefficient (Wildman–Crippen LogP) is 2.63. The molecule has 2 aromatic carbocycles. The molecule has 0 unspecified atom stereocenters. The molecule has 158 valence electrons. The number of nitro groups is 1. The second-order valence-corrected chi connectivity index (χ2v) is 5.82. The number of nitrogens with one attached hydrogen (secondary N) is 2. The van der Waals surface area contributed by atoms with E-state index in [0.29, 0.717) is 0 Å². The second-order valence-electron chi connectivity index (χ2n) is 5.82. The molecule has 0 fully saturated rings. The van der Waals surface area contributed by atoms with E-state index in [2.05, 4.69) is 20.1 Å². The van der Waals surface area contributed by atoms with Gasteiger partial charge < -0.3 is 20.1 Å². The van der Waals surface area contributed by atoms with Gasteiger partial charge in [0.05, 0.1) is 36.0 Å². The summed E-state index contributed by atoms with van der Waals surface area (Å²) in [6.07, 6.45) is 1.02. The summed E-state index contributed by atoms with van der Waals surface area (Å²) in [6, 6.07) is 10.8. The Morgan fingerprint density at radius 1 is 1.10 bits per heavy atom. The summed E-state index contributed by atoms with van der Waals surface area (Å²) in [5.41, 5.74) is -0.270. The van der Waals surface area contributed by atoms with Gasteiger partial charge in [0.2, 0.25) is 0 Å². The van der Waals surface area contributed by atoms with E-state index in [-0.39, 0.29) is 28.2 Å². The third-order valence-corrected chi connectivity index (χ3v) is 3.90. The van der Waals surface area contributed by atoms with Crippen molar-refractivity contribution in [1.29, 1.82) is 5.26 Å². The Bertz CT molecular complexity index is 1120. The van der Waals surface area contributed by atoms with Gasteiger partial charge in [0.1, 0.15) is 11.6 Å². The van der Waals surface area contributed by atoms with Gasteiger partial charge in [-0.25, -0.2) is 9.59 Å². The molecular weight excluding hydrogens is 408 g/mol. The maximum Gasteiger partial charge on any atom is 0.339 e. The maximum atomic E-state index is 12.4. The fourth-order valence-corrected chi connectivity index (χ4v) is 2.39. The minimum atomic E-state index is -0.848. The minimum Gasteiger partial charge on any atom is -0.465 e. The lowest BCUT2D eigenvalue weighted by atomic mass is 10.1. The number of non-ortho nitro benzene ring substituents is 1. The van der Waals surface area contributed by atoms with Crippen molar-refractivity contribution in [2.75, 3.05) is 24.9 Å². The van der Waals surface area contributed by atoms with Crippen molar-refractivity contribution >= 4 is 34.9 Å². The molecule has 0 aliphatic rings. The van der Waals surface area contributed by atoms with Crippen molar-refractivity contribution in [3.05, 3.63) is 75.5 Å². The van der Waals surface area contributed by atoms with E-state index in [0.717, 1.165) is 12.3 Å². The fourth-order valence-electron chi connectivity index (χ4n) is 2.39. The Balaban J connectivity index is 2.30. The van der Waals surface area contributed by atoms with E-state index in [4.69, 9.17) is 0 Å². The number of carbonyl (C=O) groups is 3. The SMILES string of the molecule is COC(=O)c1ccc(C(=O)OC)c(N/C=C(/C#N)C(=O)Nc2cccc([N+](=O)[O-])c2)c1. The summed E-state index contributed by atoms with van der Waals surface area (Å²) in [6.45, 7) is 0. The van der Waals surface area contributed by atoms with Crippen molar-refractivity contribution in [3.63, 3.8) is 0 Å².